The summed E-state index contributed by atoms with van der Waals surface area (Å²) in [6, 6.07) is 9.75. The molecule has 0 bridgehead atoms. The van der Waals surface area contributed by atoms with E-state index in [1.807, 2.05) is 25.1 Å². The monoisotopic (exact) mass is 438 g/mol. The first-order valence-electron chi connectivity index (χ1n) is 11.1. The average Bonchev–Trinajstić information content (AvgIpc) is 3.04. The highest BCUT2D eigenvalue weighted by molar-refractivity contribution is 6.22. The second kappa shape index (κ2) is 9.56. The summed E-state index contributed by atoms with van der Waals surface area (Å²) in [5, 5.41) is 0. The zero-order valence-corrected chi connectivity index (χ0v) is 19.0. The third-order valence-corrected chi connectivity index (χ3v) is 5.98. The van der Waals surface area contributed by atoms with Crippen LogP contribution in [0.15, 0.2) is 30.3 Å². The molecule has 1 fully saturated rings. The maximum absolute atomic E-state index is 12.9. The van der Waals surface area contributed by atoms with Crippen molar-refractivity contribution in [3.05, 3.63) is 47.2 Å². The lowest BCUT2D eigenvalue weighted by molar-refractivity contribution is 0.0645. The van der Waals surface area contributed by atoms with Crippen LogP contribution in [0.2, 0.25) is 0 Å². The molecule has 3 heterocycles. The third-order valence-electron chi connectivity index (χ3n) is 5.98. The summed E-state index contributed by atoms with van der Waals surface area (Å²) in [7, 11) is 1.70. The predicted octanol–water partition coefficient (Wildman–Crippen LogP) is 2.61. The van der Waals surface area contributed by atoms with E-state index in [9.17, 15) is 9.59 Å². The maximum Gasteiger partial charge on any atom is 0.267 e. The topological polar surface area (TPSA) is 75.2 Å². The number of benzene rings is 1. The fourth-order valence-corrected chi connectivity index (χ4v) is 4.39. The highest BCUT2D eigenvalue weighted by atomic mass is 16.5. The zero-order valence-electron chi connectivity index (χ0n) is 19.0. The van der Waals surface area contributed by atoms with Gasteiger partial charge in [0.05, 0.1) is 25.0 Å². The quantitative estimate of drug-likeness (QED) is 0.587. The molecule has 2 aliphatic rings. The Morgan fingerprint density at radius 3 is 2.50 bits per heavy atom. The second-order valence-corrected chi connectivity index (χ2v) is 8.04. The van der Waals surface area contributed by atoms with Gasteiger partial charge in [0.2, 0.25) is 5.88 Å². The first-order valence-corrected chi connectivity index (χ1v) is 11.1. The smallest absolute Gasteiger partial charge is 0.267 e. The fourth-order valence-electron chi connectivity index (χ4n) is 4.39. The number of piperazine rings is 1. The van der Waals surface area contributed by atoms with Gasteiger partial charge < -0.3 is 14.4 Å². The number of methoxy groups -OCH3 is 1. The number of aromatic nitrogens is 1. The summed E-state index contributed by atoms with van der Waals surface area (Å²) in [4.78, 5) is 36.1. The number of imide groups is 1. The van der Waals surface area contributed by atoms with Crippen LogP contribution in [-0.4, -0.2) is 79.6 Å². The van der Waals surface area contributed by atoms with E-state index in [0.717, 1.165) is 50.6 Å². The number of carbonyl (C=O) groups is 2. The second-order valence-electron chi connectivity index (χ2n) is 8.04. The number of fused-ring (bicyclic) bond motifs is 1. The van der Waals surface area contributed by atoms with Gasteiger partial charge in [-0.2, -0.15) is 0 Å². The van der Waals surface area contributed by atoms with E-state index < -0.39 is 0 Å². The van der Waals surface area contributed by atoms with E-state index in [-0.39, 0.29) is 17.7 Å². The van der Waals surface area contributed by atoms with E-state index in [4.69, 9.17) is 9.47 Å². The maximum atomic E-state index is 12.9. The molecule has 8 heteroatoms. The fraction of sp³-hybridized carbons (Fsp3) is 0.458. The van der Waals surface area contributed by atoms with Gasteiger partial charge in [0.1, 0.15) is 11.3 Å². The van der Waals surface area contributed by atoms with Crippen LogP contribution in [0.25, 0.3) is 0 Å². The van der Waals surface area contributed by atoms with Crippen molar-refractivity contribution in [1.29, 1.82) is 0 Å². The van der Waals surface area contributed by atoms with Crippen LogP contribution < -0.4 is 14.4 Å². The minimum absolute atomic E-state index is 0.252. The predicted molar refractivity (Wildman–Crippen MR) is 122 cm³/mol. The molecular formula is C24H30N4O4. The van der Waals surface area contributed by atoms with Gasteiger partial charge in [-0.1, -0.05) is 12.1 Å². The molecule has 1 aromatic heterocycles. The van der Waals surface area contributed by atoms with Crippen LogP contribution in [0, 0.1) is 6.92 Å². The summed E-state index contributed by atoms with van der Waals surface area (Å²) in [5.41, 5.74) is 2.49. The van der Waals surface area contributed by atoms with Gasteiger partial charge in [-0.15, -0.1) is 0 Å². The Kier molecular flexibility index (Phi) is 6.60. The van der Waals surface area contributed by atoms with Crippen LogP contribution >= 0.6 is 0 Å². The molecule has 170 valence electrons. The Morgan fingerprint density at radius 2 is 1.78 bits per heavy atom. The molecule has 8 nitrogen and oxygen atoms in total. The molecule has 0 spiro atoms. The van der Waals surface area contributed by atoms with Crippen molar-refractivity contribution in [2.24, 2.45) is 0 Å². The molecule has 4 rings (SSSR count). The largest absolute Gasteiger partial charge is 0.495 e. The van der Waals surface area contributed by atoms with E-state index >= 15 is 0 Å². The molecule has 1 saturated heterocycles. The van der Waals surface area contributed by atoms with Crippen LogP contribution in [-0.2, 0) is 0 Å². The van der Waals surface area contributed by atoms with E-state index in [1.165, 1.54) is 4.90 Å². The summed E-state index contributed by atoms with van der Waals surface area (Å²) in [6.07, 6.45) is 0.733. The number of anilines is 1. The third kappa shape index (κ3) is 4.27. The minimum Gasteiger partial charge on any atom is -0.495 e. The standard InChI is InChI=1S/C24H30N4O4/c1-4-32-22-21-18(16-17(2)25-22)23(29)28(24(21)30)11-7-10-26-12-14-27(15-13-26)19-8-5-6-9-20(19)31-3/h5-6,8-9,16H,4,7,10-15H2,1-3H3. The minimum atomic E-state index is -0.304. The van der Waals surface area contributed by atoms with Crippen molar-refractivity contribution in [3.63, 3.8) is 0 Å². The van der Waals surface area contributed by atoms with Gasteiger partial charge in [0.15, 0.2) is 0 Å². The number of hydrogen-bond acceptors (Lipinski definition) is 7. The lowest BCUT2D eigenvalue weighted by Gasteiger charge is -2.36. The molecule has 0 radical (unpaired) electrons. The summed E-state index contributed by atoms with van der Waals surface area (Å²) < 4.78 is 11.0. The molecule has 0 N–H and O–H groups in total. The highest BCUT2D eigenvalue weighted by Gasteiger charge is 2.39. The average molecular weight is 439 g/mol. The Morgan fingerprint density at radius 1 is 1.03 bits per heavy atom. The molecule has 0 unspecified atom stereocenters. The van der Waals surface area contributed by atoms with Crippen molar-refractivity contribution >= 4 is 17.5 Å². The number of rotatable bonds is 8. The van der Waals surface area contributed by atoms with Crippen molar-refractivity contribution in [1.82, 2.24) is 14.8 Å². The first-order chi connectivity index (χ1) is 15.5. The summed E-state index contributed by atoms with van der Waals surface area (Å²) >= 11 is 0. The molecule has 0 saturated carbocycles. The molecular weight excluding hydrogens is 408 g/mol. The van der Waals surface area contributed by atoms with Crippen molar-refractivity contribution < 1.29 is 19.1 Å². The van der Waals surface area contributed by atoms with Crippen molar-refractivity contribution in [3.8, 4) is 11.6 Å². The number of nitrogens with zero attached hydrogens (tertiary/aromatic N) is 4. The SMILES string of the molecule is CCOc1nc(C)cc2c1C(=O)N(CCCN1CCN(c3ccccc3OC)CC1)C2=O. The molecule has 0 aliphatic carbocycles. The molecule has 1 aromatic carbocycles. The highest BCUT2D eigenvalue weighted by Crippen LogP contribution is 2.31. The van der Waals surface area contributed by atoms with Crippen LogP contribution in [0.5, 0.6) is 11.6 Å². The number of aryl methyl sites for hydroxylation is 1. The van der Waals surface area contributed by atoms with Crippen molar-refractivity contribution in [2.45, 2.75) is 20.3 Å². The van der Waals surface area contributed by atoms with Gasteiger partial charge in [0.25, 0.3) is 11.8 Å². The number of para-hydroxylation sites is 2. The number of amides is 2. The molecule has 2 amide bonds. The first kappa shape index (κ1) is 22.1. The zero-order chi connectivity index (χ0) is 22.7. The molecule has 2 aromatic rings. The van der Waals surface area contributed by atoms with Crippen LogP contribution in [0.1, 0.15) is 39.8 Å². The molecule has 2 aliphatic heterocycles. The lowest BCUT2D eigenvalue weighted by Crippen LogP contribution is -2.47. The van der Waals surface area contributed by atoms with E-state index in [2.05, 4.69) is 20.9 Å². The lowest BCUT2D eigenvalue weighted by atomic mass is 10.1. The number of carbonyl (C=O) groups excluding carboxylic acids is 2. The van der Waals surface area contributed by atoms with Gasteiger partial charge in [-0.05, 0) is 45.0 Å². The van der Waals surface area contributed by atoms with Crippen LogP contribution in [0.4, 0.5) is 5.69 Å². The van der Waals surface area contributed by atoms with Crippen LogP contribution in [0.3, 0.4) is 0 Å². The Labute approximate surface area is 188 Å². The number of pyridine rings is 1. The molecule has 0 atom stereocenters. The number of ether oxygens (including phenoxy) is 2. The van der Waals surface area contributed by atoms with Crippen molar-refractivity contribution in [2.75, 3.05) is 57.9 Å². The van der Waals surface area contributed by atoms with Gasteiger partial charge in [-0.3, -0.25) is 19.4 Å². The summed E-state index contributed by atoms with van der Waals surface area (Å²) in [5.74, 6) is 0.595. The summed E-state index contributed by atoms with van der Waals surface area (Å²) in [6.45, 7) is 8.94. The van der Waals surface area contributed by atoms with Gasteiger partial charge in [-0.25, -0.2) is 4.98 Å². The number of hydrogen-bond donors (Lipinski definition) is 0. The van der Waals surface area contributed by atoms with Gasteiger partial charge in [0, 0.05) is 38.4 Å². The van der Waals surface area contributed by atoms with E-state index in [0.29, 0.717) is 30.0 Å². The Balaban J connectivity index is 1.31. The Bertz CT molecular complexity index is 1000. The molecule has 32 heavy (non-hydrogen) atoms. The normalized spacial score (nSPS) is 16.5. The Hall–Kier alpha value is -3.13. The van der Waals surface area contributed by atoms with E-state index in [1.54, 1.807) is 20.1 Å². The van der Waals surface area contributed by atoms with Gasteiger partial charge >= 0.3 is 0 Å².